The zero-order valence-corrected chi connectivity index (χ0v) is 17.5. The van der Waals surface area contributed by atoms with Gasteiger partial charge in [-0.1, -0.05) is 110 Å². The van der Waals surface area contributed by atoms with E-state index in [0.29, 0.717) is 6.61 Å². The van der Waals surface area contributed by atoms with Gasteiger partial charge in [0.2, 0.25) is 0 Å². The SMILES string of the molecule is CCCCCCCCCNCCCCCCCCCCCCCCO. The quantitative estimate of drug-likeness (QED) is 0.205. The van der Waals surface area contributed by atoms with E-state index in [2.05, 4.69) is 12.2 Å². The first-order valence-corrected chi connectivity index (χ1v) is 11.7. The van der Waals surface area contributed by atoms with Gasteiger partial charge in [-0.15, -0.1) is 0 Å². The van der Waals surface area contributed by atoms with Crippen molar-refractivity contribution in [1.82, 2.24) is 5.32 Å². The van der Waals surface area contributed by atoms with Crippen LogP contribution in [0.3, 0.4) is 0 Å². The van der Waals surface area contributed by atoms with Crippen LogP contribution in [0.25, 0.3) is 0 Å². The summed E-state index contributed by atoms with van der Waals surface area (Å²) >= 11 is 0. The molecule has 0 radical (unpaired) electrons. The topological polar surface area (TPSA) is 32.3 Å². The third-order valence-electron chi connectivity index (χ3n) is 5.22. The number of nitrogens with one attached hydrogen (secondary N) is 1. The summed E-state index contributed by atoms with van der Waals surface area (Å²) in [6.07, 6.45) is 26.1. The van der Waals surface area contributed by atoms with E-state index in [0.717, 1.165) is 6.42 Å². The summed E-state index contributed by atoms with van der Waals surface area (Å²) < 4.78 is 0. The van der Waals surface area contributed by atoms with Crippen molar-refractivity contribution >= 4 is 0 Å². The molecule has 152 valence electrons. The van der Waals surface area contributed by atoms with Gasteiger partial charge < -0.3 is 10.4 Å². The zero-order chi connectivity index (χ0) is 18.3. The molecule has 0 saturated carbocycles. The molecule has 0 saturated heterocycles. The molecule has 0 aliphatic rings. The Labute approximate surface area is 159 Å². The second-order valence-corrected chi connectivity index (χ2v) is 7.84. The highest BCUT2D eigenvalue weighted by Crippen LogP contribution is 2.11. The summed E-state index contributed by atoms with van der Waals surface area (Å²) in [5.41, 5.74) is 0. The van der Waals surface area contributed by atoms with Crippen LogP contribution in [0.15, 0.2) is 0 Å². The molecule has 0 amide bonds. The van der Waals surface area contributed by atoms with Gasteiger partial charge in [0.1, 0.15) is 0 Å². The number of hydrogen-bond acceptors (Lipinski definition) is 2. The van der Waals surface area contributed by atoms with Gasteiger partial charge in [0.15, 0.2) is 0 Å². The van der Waals surface area contributed by atoms with Gasteiger partial charge in [0.05, 0.1) is 0 Å². The second-order valence-electron chi connectivity index (χ2n) is 7.84. The maximum absolute atomic E-state index is 8.72. The Morgan fingerprint density at radius 3 is 1.12 bits per heavy atom. The van der Waals surface area contributed by atoms with E-state index in [1.165, 1.54) is 129 Å². The highest BCUT2D eigenvalue weighted by molar-refractivity contribution is 4.52. The van der Waals surface area contributed by atoms with Gasteiger partial charge in [-0.2, -0.15) is 0 Å². The van der Waals surface area contributed by atoms with Gasteiger partial charge in [-0.25, -0.2) is 0 Å². The Hall–Kier alpha value is -0.0800. The van der Waals surface area contributed by atoms with Crippen molar-refractivity contribution in [2.75, 3.05) is 19.7 Å². The number of rotatable bonds is 22. The summed E-state index contributed by atoms with van der Waals surface area (Å²) in [7, 11) is 0. The van der Waals surface area contributed by atoms with E-state index in [9.17, 15) is 0 Å². The minimum Gasteiger partial charge on any atom is -0.396 e. The minimum atomic E-state index is 0.370. The monoisotopic (exact) mass is 355 g/mol. The van der Waals surface area contributed by atoms with Crippen molar-refractivity contribution < 1.29 is 5.11 Å². The standard InChI is InChI=1S/C23H49NO/c1-2-3-4-5-12-15-18-21-24-22-19-16-13-10-8-6-7-9-11-14-17-20-23-25/h24-25H,2-23H2,1H3. The molecule has 0 rings (SSSR count). The third kappa shape index (κ3) is 23.9. The van der Waals surface area contributed by atoms with Crippen LogP contribution in [0.5, 0.6) is 0 Å². The van der Waals surface area contributed by atoms with Crippen molar-refractivity contribution in [3.8, 4) is 0 Å². The molecule has 0 aromatic carbocycles. The van der Waals surface area contributed by atoms with Crippen LogP contribution in [0.2, 0.25) is 0 Å². The maximum Gasteiger partial charge on any atom is 0.0431 e. The zero-order valence-electron chi connectivity index (χ0n) is 17.5. The molecule has 25 heavy (non-hydrogen) atoms. The lowest BCUT2D eigenvalue weighted by Crippen LogP contribution is -2.16. The number of aliphatic hydroxyl groups is 1. The first-order chi connectivity index (χ1) is 12.4. The predicted molar refractivity (Wildman–Crippen MR) is 113 cm³/mol. The molecule has 2 nitrogen and oxygen atoms in total. The lowest BCUT2D eigenvalue weighted by atomic mass is 10.1. The normalized spacial score (nSPS) is 11.3. The molecule has 0 aromatic rings. The average Bonchev–Trinajstić information content (AvgIpc) is 2.63. The van der Waals surface area contributed by atoms with Gasteiger partial charge in [0.25, 0.3) is 0 Å². The van der Waals surface area contributed by atoms with Crippen LogP contribution >= 0.6 is 0 Å². The first-order valence-electron chi connectivity index (χ1n) is 11.7. The third-order valence-corrected chi connectivity index (χ3v) is 5.22. The van der Waals surface area contributed by atoms with Gasteiger partial charge >= 0.3 is 0 Å². The van der Waals surface area contributed by atoms with Gasteiger partial charge in [0, 0.05) is 6.61 Å². The molecular weight excluding hydrogens is 306 g/mol. The van der Waals surface area contributed by atoms with Crippen molar-refractivity contribution in [3.05, 3.63) is 0 Å². The molecular formula is C23H49NO. The molecule has 0 atom stereocenters. The van der Waals surface area contributed by atoms with E-state index in [-0.39, 0.29) is 0 Å². The molecule has 2 heteroatoms. The fourth-order valence-electron chi connectivity index (χ4n) is 3.46. The first kappa shape index (κ1) is 24.9. The predicted octanol–water partition coefficient (Wildman–Crippen LogP) is 7.00. The number of unbranched alkanes of at least 4 members (excludes halogenated alkanes) is 17. The highest BCUT2D eigenvalue weighted by atomic mass is 16.2. The van der Waals surface area contributed by atoms with E-state index < -0.39 is 0 Å². The lowest BCUT2D eigenvalue weighted by Gasteiger charge is -2.05. The smallest absolute Gasteiger partial charge is 0.0431 e. The van der Waals surface area contributed by atoms with Crippen molar-refractivity contribution in [2.45, 2.75) is 129 Å². The molecule has 0 aromatic heterocycles. The van der Waals surface area contributed by atoms with E-state index in [1.54, 1.807) is 0 Å². The average molecular weight is 356 g/mol. The Morgan fingerprint density at radius 2 is 0.760 bits per heavy atom. The van der Waals surface area contributed by atoms with E-state index in [1.807, 2.05) is 0 Å². The number of hydrogen-bond donors (Lipinski definition) is 2. The molecule has 0 bridgehead atoms. The van der Waals surface area contributed by atoms with Crippen molar-refractivity contribution in [2.24, 2.45) is 0 Å². The largest absolute Gasteiger partial charge is 0.396 e. The molecule has 0 unspecified atom stereocenters. The Kier molecular flexibility index (Phi) is 23.8. The molecule has 0 spiro atoms. The highest BCUT2D eigenvalue weighted by Gasteiger charge is 1.94. The lowest BCUT2D eigenvalue weighted by molar-refractivity contribution is 0.282. The minimum absolute atomic E-state index is 0.370. The Morgan fingerprint density at radius 1 is 0.440 bits per heavy atom. The summed E-state index contributed by atoms with van der Waals surface area (Å²) in [4.78, 5) is 0. The molecule has 0 aliphatic heterocycles. The van der Waals surface area contributed by atoms with Crippen molar-refractivity contribution in [1.29, 1.82) is 0 Å². The Balaban J connectivity index is 2.94. The van der Waals surface area contributed by atoms with Crippen LogP contribution in [0.1, 0.15) is 129 Å². The van der Waals surface area contributed by atoms with Crippen LogP contribution in [0, 0.1) is 0 Å². The molecule has 0 aliphatic carbocycles. The molecule has 0 heterocycles. The van der Waals surface area contributed by atoms with E-state index in [4.69, 9.17) is 5.11 Å². The molecule has 0 fully saturated rings. The fraction of sp³-hybridized carbons (Fsp3) is 1.00. The van der Waals surface area contributed by atoms with Gasteiger partial charge in [-0.3, -0.25) is 0 Å². The fourth-order valence-corrected chi connectivity index (χ4v) is 3.46. The summed E-state index contributed by atoms with van der Waals surface area (Å²) in [6, 6.07) is 0. The second kappa shape index (κ2) is 23.9. The summed E-state index contributed by atoms with van der Waals surface area (Å²) in [5, 5.41) is 12.3. The van der Waals surface area contributed by atoms with Gasteiger partial charge in [-0.05, 0) is 32.4 Å². The molecule has 2 N–H and O–H groups in total. The Bertz CT molecular complexity index is 198. The van der Waals surface area contributed by atoms with Crippen LogP contribution in [-0.4, -0.2) is 24.8 Å². The van der Waals surface area contributed by atoms with Crippen molar-refractivity contribution in [3.63, 3.8) is 0 Å². The summed E-state index contributed by atoms with van der Waals surface area (Å²) in [5.74, 6) is 0. The van der Waals surface area contributed by atoms with Crippen LogP contribution in [-0.2, 0) is 0 Å². The maximum atomic E-state index is 8.72. The van der Waals surface area contributed by atoms with Crippen LogP contribution < -0.4 is 5.32 Å². The van der Waals surface area contributed by atoms with Crippen LogP contribution in [0.4, 0.5) is 0 Å². The summed E-state index contributed by atoms with van der Waals surface area (Å²) in [6.45, 7) is 5.11. The number of aliphatic hydroxyl groups excluding tert-OH is 1. The van der Waals surface area contributed by atoms with E-state index >= 15 is 0 Å².